The number of rotatable bonds is 2. The van der Waals surface area contributed by atoms with Crippen molar-refractivity contribution in [2.45, 2.75) is 26.3 Å². The number of hydrogen-bond donors (Lipinski definition) is 1. The van der Waals surface area contributed by atoms with Crippen LogP contribution in [0.2, 0.25) is 0 Å². The van der Waals surface area contributed by atoms with E-state index < -0.39 is 0 Å². The molecule has 3 nitrogen and oxygen atoms in total. The summed E-state index contributed by atoms with van der Waals surface area (Å²) in [5, 5.41) is 0. The van der Waals surface area contributed by atoms with Gasteiger partial charge >= 0.3 is 0 Å². The lowest BCUT2D eigenvalue weighted by molar-refractivity contribution is 0.746. The normalized spacial score (nSPS) is 13.0. The van der Waals surface area contributed by atoms with Gasteiger partial charge in [-0.05, 0) is 13.3 Å². The van der Waals surface area contributed by atoms with Crippen LogP contribution in [0.4, 0.5) is 0 Å². The lowest BCUT2D eigenvalue weighted by Crippen LogP contribution is -2.11. The molecule has 0 saturated heterocycles. The molecule has 0 saturated carbocycles. The highest BCUT2D eigenvalue weighted by Crippen LogP contribution is 2.09. The molecule has 0 aliphatic heterocycles. The fourth-order valence-electron chi connectivity index (χ4n) is 1.03. The van der Waals surface area contributed by atoms with Crippen molar-refractivity contribution < 1.29 is 0 Å². The number of hydrogen-bond acceptors (Lipinski definition) is 3. The van der Waals surface area contributed by atoms with Crippen molar-refractivity contribution in [1.82, 2.24) is 9.97 Å². The molecule has 2 N–H and O–H groups in total. The third-order valence-corrected chi connectivity index (χ3v) is 1.57. The van der Waals surface area contributed by atoms with E-state index in [2.05, 4.69) is 16.9 Å². The van der Waals surface area contributed by atoms with Crippen molar-refractivity contribution in [3.8, 4) is 0 Å². The second kappa shape index (κ2) is 3.44. The largest absolute Gasteiger partial charge is 0.323 e. The molecule has 0 fully saturated rings. The van der Waals surface area contributed by atoms with Crippen LogP contribution in [0.5, 0.6) is 0 Å². The van der Waals surface area contributed by atoms with Crippen molar-refractivity contribution in [2.24, 2.45) is 5.73 Å². The Bertz CT molecular complexity index is 233. The molecule has 1 atom stereocenters. The predicted octanol–water partition coefficient (Wildman–Crippen LogP) is 1.06. The van der Waals surface area contributed by atoms with Gasteiger partial charge in [-0.25, -0.2) is 0 Å². The molecule has 0 aromatic carbocycles. The Hall–Kier alpha value is -0.960. The van der Waals surface area contributed by atoms with Crippen LogP contribution in [0.1, 0.15) is 31.3 Å². The van der Waals surface area contributed by atoms with Crippen LogP contribution in [0.3, 0.4) is 0 Å². The zero-order chi connectivity index (χ0) is 8.27. The van der Waals surface area contributed by atoms with Gasteiger partial charge in [-0.15, -0.1) is 0 Å². The fraction of sp³-hybridized carbons (Fsp3) is 0.500. The highest BCUT2D eigenvalue weighted by Gasteiger charge is 2.06. The molecule has 0 aliphatic carbocycles. The van der Waals surface area contributed by atoms with Gasteiger partial charge in [0, 0.05) is 18.4 Å². The summed E-state index contributed by atoms with van der Waals surface area (Å²) in [5.74, 6) is 0. The van der Waals surface area contributed by atoms with E-state index in [0.717, 1.165) is 17.8 Å². The lowest BCUT2D eigenvalue weighted by atomic mass is 10.1. The minimum atomic E-state index is -0.0151. The maximum absolute atomic E-state index is 5.69. The van der Waals surface area contributed by atoms with Crippen LogP contribution < -0.4 is 5.73 Å². The zero-order valence-electron chi connectivity index (χ0n) is 6.91. The Morgan fingerprint density at radius 3 is 2.55 bits per heavy atom. The Morgan fingerprint density at radius 2 is 2.09 bits per heavy atom. The summed E-state index contributed by atoms with van der Waals surface area (Å²) in [7, 11) is 0. The molecule has 0 aliphatic rings. The standard InChI is InChI=1S/C8H13N3/c1-3-7-8(6(2)9)11-5-4-10-7/h4-6H,3,9H2,1-2H3. The maximum atomic E-state index is 5.69. The van der Waals surface area contributed by atoms with E-state index in [1.807, 2.05) is 6.92 Å². The van der Waals surface area contributed by atoms with Crippen molar-refractivity contribution >= 4 is 0 Å². The van der Waals surface area contributed by atoms with Crippen LogP contribution in [-0.2, 0) is 6.42 Å². The molecule has 1 aromatic rings. The summed E-state index contributed by atoms with van der Waals surface area (Å²) in [6, 6.07) is -0.0151. The first-order valence-electron chi connectivity index (χ1n) is 3.81. The molecule has 60 valence electrons. The van der Waals surface area contributed by atoms with Crippen LogP contribution >= 0.6 is 0 Å². The molecule has 0 bridgehead atoms. The van der Waals surface area contributed by atoms with E-state index in [-0.39, 0.29) is 6.04 Å². The molecule has 3 heteroatoms. The van der Waals surface area contributed by atoms with Crippen molar-refractivity contribution in [1.29, 1.82) is 0 Å². The molecular formula is C8H13N3. The SMILES string of the molecule is CCc1nccnc1C(C)N. The van der Waals surface area contributed by atoms with Gasteiger partial charge in [0.25, 0.3) is 0 Å². The first-order chi connectivity index (χ1) is 5.25. The molecular weight excluding hydrogens is 138 g/mol. The van der Waals surface area contributed by atoms with E-state index in [9.17, 15) is 0 Å². The van der Waals surface area contributed by atoms with Gasteiger partial charge in [0.15, 0.2) is 0 Å². The van der Waals surface area contributed by atoms with E-state index in [4.69, 9.17) is 5.73 Å². The molecule has 0 spiro atoms. The minimum absolute atomic E-state index is 0.0151. The van der Waals surface area contributed by atoms with Gasteiger partial charge < -0.3 is 5.73 Å². The first kappa shape index (κ1) is 8.14. The van der Waals surface area contributed by atoms with Gasteiger partial charge in [-0.1, -0.05) is 6.92 Å². The summed E-state index contributed by atoms with van der Waals surface area (Å²) in [4.78, 5) is 8.34. The third-order valence-electron chi connectivity index (χ3n) is 1.57. The molecule has 1 aromatic heterocycles. The summed E-state index contributed by atoms with van der Waals surface area (Å²) in [6.45, 7) is 3.97. The number of aromatic nitrogens is 2. The minimum Gasteiger partial charge on any atom is -0.323 e. The van der Waals surface area contributed by atoms with Crippen molar-refractivity contribution in [3.05, 3.63) is 23.8 Å². The topological polar surface area (TPSA) is 51.8 Å². The second-order valence-corrected chi connectivity index (χ2v) is 2.53. The Labute approximate surface area is 66.7 Å². The molecule has 11 heavy (non-hydrogen) atoms. The average molecular weight is 151 g/mol. The molecule has 1 heterocycles. The average Bonchev–Trinajstić information content (AvgIpc) is 2.04. The van der Waals surface area contributed by atoms with Crippen LogP contribution in [0.25, 0.3) is 0 Å². The highest BCUT2D eigenvalue weighted by atomic mass is 14.8. The van der Waals surface area contributed by atoms with E-state index >= 15 is 0 Å². The molecule has 0 amide bonds. The third kappa shape index (κ3) is 1.74. The van der Waals surface area contributed by atoms with Crippen LogP contribution in [0.15, 0.2) is 12.4 Å². The van der Waals surface area contributed by atoms with Crippen LogP contribution in [-0.4, -0.2) is 9.97 Å². The van der Waals surface area contributed by atoms with Gasteiger partial charge in [0.1, 0.15) is 0 Å². The van der Waals surface area contributed by atoms with Gasteiger partial charge in [0.05, 0.1) is 11.4 Å². The van der Waals surface area contributed by atoms with Crippen LogP contribution in [0, 0.1) is 0 Å². The Kier molecular flexibility index (Phi) is 2.54. The number of nitrogens with zero attached hydrogens (tertiary/aromatic N) is 2. The summed E-state index contributed by atoms with van der Waals surface area (Å²) in [5.41, 5.74) is 7.60. The van der Waals surface area contributed by atoms with Gasteiger partial charge in [0.2, 0.25) is 0 Å². The predicted molar refractivity (Wildman–Crippen MR) is 44.0 cm³/mol. The quantitative estimate of drug-likeness (QED) is 0.687. The summed E-state index contributed by atoms with van der Waals surface area (Å²) < 4.78 is 0. The van der Waals surface area contributed by atoms with E-state index in [0.29, 0.717) is 0 Å². The summed E-state index contributed by atoms with van der Waals surface area (Å²) >= 11 is 0. The monoisotopic (exact) mass is 151 g/mol. The Morgan fingerprint density at radius 1 is 1.45 bits per heavy atom. The number of aryl methyl sites for hydroxylation is 1. The lowest BCUT2D eigenvalue weighted by Gasteiger charge is -2.07. The highest BCUT2D eigenvalue weighted by molar-refractivity contribution is 5.13. The molecule has 0 radical (unpaired) electrons. The zero-order valence-corrected chi connectivity index (χ0v) is 6.91. The smallest absolute Gasteiger partial charge is 0.0782 e. The molecule has 1 rings (SSSR count). The second-order valence-electron chi connectivity index (χ2n) is 2.53. The fourth-order valence-corrected chi connectivity index (χ4v) is 1.03. The molecule has 1 unspecified atom stereocenters. The van der Waals surface area contributed by atoms with Crippen molar-refractivity contribution in [2.75, 3.05) is 0 Å². The Balaban J connectivity index is 3.02. The van der Waals surface area contributed by atoms with E-state index in [1.165, 1.54) is 0 Å². The van der Waals surface area contributed by atoms with E-state index in [1.54, 1.807) is 12.4 Å². The van der Waals surface area contributed by atoms with Gasteiger partial charge in [-0.3, -0.25) is 9.97 Å². The number of nitrogens with two attached hydrogens (primary N) is 1. The first-order valence-corrected chi connectivity index (χ1v) is 3.81. The maximum Gasteiger partial charge on any atom is 0.0782 e. The van der Waals surface area contributed by atoms with Gasteiger partial charge in [-0.2, -0.15) is 0 Å². The van der Waals surface area contributed by atoms with Crippen molar-refractivity contribution in [3.63, 3.8) is 0 Å². The summed E-state index contributed by atoms with van der Waals surface area (Å²) in [6.07, 6.45) is 4.27.